The molecule has 0 amide bonds. The largest absolute Gasteiger partial charge is 0.372 e. The van der Waals surface area contributed by atoms with Crippen LogP contribution in [0, 0.1) is 4.64 Å². The highest BCUT2D eigenvalue weighted by atomic mass is 32.1. The molecule has 1 aromatic heterocycles. The van der Waals surface area contributed by atoms with Crippen molar-refractivity contribution in [1.29, 1.82) is 0 Å². The van der Waals surface area contributed by atoms with Gasteiger partial charge in [-0.05, 0) is 6.92 Å². The first kappa shape index (κ1) is 9.19. The van der Waals surface area contributed by atoms with Crippen molar-refractivity contribution >= 4 is 18.0 Å². The zero-order valence-corrected chi connectivity index (χ0v) is 8.16. The van der Waals surface area contributed by atoms with E-state index in [2.05, 4.69) is 15.3 Å². The zero-order valence-electron chi connectivity index (χ0n) is 7.35. The van der Waals surface area contributed by atoms with Crippen LogP contribution >= 0.6 is 12.2 Å². The van der Waals surface area contributed by atoms with Gasteiger partial charge in [0.25, 0.3) is 0 Å². The maximum absolute atomic E-state index is 5.00. The molecule has 66 valence electrons. The van der Waals surface area contributed by atoms with Crippen molar-refractivity contribution in [2.75, 3.05) is 11.9 Å². The predicted molar refractivity (Wildman–Crippen MR) is 53.0 cm³/mol. The van der Waals surface area contributed by atoms with Gasteiger partial charge in [0.15, 0.2) is 0 Å². The summed E-state index contributed by atoms with van der Waals surface area (Å²) < 4.78 is 0.640. The van der Waals surface area contributed by atoms with Crippen LogP contribution in [-0.4, -0.2) is 16.5 Å². The second-order valence-electron chi connectivity index (χ2n) is 2.46. The molecule has 0 spiro atoms. The van der Waals surface area contributed by atoms with Crippen molar-refractivity contribution in [2.24, 2.45) is 0 Å². The van der Waals surface area contributed by atoms with E-state index in [4.69, 9.17) is 12.2 Å². The van der Waals surface area contributed by atoms with Gasteiger partial charge in [-0.3, -0.25) is 0 Å². The number of hydrogen-bond donors (Lipinski definition) is 2. The summed E-state index contributed by atoms with van der Waals surface area (Å²) in [7, 11) is 0. The number of anilines is 1. The number of H-pyrrole nitrogens is 1. The third-order valence-electron chi connectivity index (χ3n) is 1.49. The van der Waals surface area contributed by atoms with Crippen molar-refractivity contribution in [3.05, 3.63) is 16.5 Å². The SMILES string of the molecule is CCNc1cc(=S)nc(CC)[nH]1. The van der Waals surface area contributed by atoms with Crippen LogP contribution < -0.4 is 5.32 Å². The maximum Gasteiger partial charge on any atom is 0.131 e. The fourth-order valence-electron chi connectivity index (χ4n) is 0.961. The highest BCUT2D eigenvalue weighted by Crippen LogP contribution is 2.03. The average molecular weight is 183 g/mol. The van der Waals surface area contributed by atoms with Crippen molar-refractivity contribution < 1.29 is 0 Å². The zero-order chi connectivity index (χ0) is 8.97. The number of nitrogens with one attached hydrogen (secondary N) is 2. The fourth-order valence-corrected chi connectivity index (χ4v) is 1.19. The Hall–Kier alpha value is -0.900. The first-order chi connectivity index (χ1) is 5.76. The molecule has 0 aliphatic rings. The molecule has 0 fully saturated rings. The Morgan fingerprint density at radius 2 is 2.33 bits per heavy atom. The molecule has 1 rings (SSSR count). The van der Waals surface area contributed by atoms with E-state index in [1.54, 1.807) is 0 Å². The summed E-state index contributed by atoms with van der Waals surface area (Å²) in [6.45, 7) is 4.98. The van der Waals surface area contributed by atoms with Gasteiger partial charge in [0.2, 0.25) is 0 Å². The van der Waals surface area contributed by atoms with E-state index in [9.17, 15) is 0 Å². The summed E-state index contributed by atoms with van der Waals surface area (Å²) >= 11 is 5.00. The monoisotopic (exact) mass is 183 g/mol. The Morgan fingerprint density at radius 3 is 2.92 bits per heavy atom. The predicted octanol–water partition coefficient (Wildman–Crippen LogP) is 2.13. The normalized spacial score (nSPS) is 9.83. The van der Waals surface area contributed by atoms with Gasteiger partial charge < -0.3 is 10.3 Å². The summed E-state index contributed by atoms with van der Waals surface area (Å²) in [5.74, 6) is 1.88. The second-order valence-corrected chi connectivity index (χ2v) is 2.88. The van der Waals surface area contributed by atoms with Gasteiger partial charge >= 0.3 is 0 Å². The summed E-state index contributed by atoms with van der Waals surface area (Å²) in [5.41, 5.74) is 0. The van der Waals surface area contributed by atoms with E-state index in [0.717, 1.165) is 24.6 Å². The number of hydrogen-bond acceptors (Lipinski definition) is 3. The highest BCUT2D eigenvalue weighted by molar-refractivity contribution is 7.71. The molecule has 1 heterocycles. The number of rotatable bonds is 3. The van der Waals surface area contributed by atoms with Crippen LogP contribution in [0.1, 0.15) is 19.7 Å². The van der Waals surface area contributed by atoms with Gasteiger partial charge in [-0.25, -0.2) is 4.98 Å². The molecule has 0 radical (unpaired) electrons. The molecule has 0 atom stereocenters. The van der Waals surface area contributed by atoms with Gasteiger partial charge in [0.1, 0.15) is 16.3 Å². The van der Waals surface area contributed by atoms with Crippen LogP contribution in [0.5, 0.6) is 0 Å². The Balaban J connectivity index is 2.98. The van der Waals surface area contributed by atoms with E-state index in [0.29, 0.717) is 4.64 Å². The molecule has 0 aliphatic heterocycles. The van der Waals surface area contributed by atoms with Gasteiger partial charge in [0, 0.05) is 19.0 Å². The van der Waals surface area contributed by atoms with Gasteiger partial charge in [0.05, 0.1) is 0 Å². The highest BCUT2D eigenvalue weighted by Gasteiger charge is 1.94. The first-order valence-electron chi connectivity index (χ1n) is 4.10. The molecular weight excluding hydrogens is 170 g/mol. The third-order valence-corrected chi connectivity index (χ3v) is 1.70. The van der Waals surface area contributed by atoms with Crippen LogP contribution in [-0.2, 0) is 6.42 Å². The van der Waals surface area contributed by atoms with Crippen LogP contribution in [0.2, 0.25) is 0 Å². The van der Waals surface area contributed by atoms with Crippen molar-refractivity contribution in [3.63, 3.8) is 0 Å². The van der Waals surface area contributed by atoms with Crippen molar-refractivity contribution in [1.82, 2.24) is 9.97 Å². The lowest BCUT2D eigenvalue weighted by molar-refractivity contribution is 0.929. The number of aromatic amines is 1. The van der Waals surface area contributed by atoms with Crippen molar-refractivity contribution in [2.45, 2.75) is 20.3 Å². The first-order valence-corrected chi connectivity index (χ1v) is 4.51. The summed E-state index contributed by atoms with van der Waals surface area (Å²) in [4.78, 5) is 7.30. The minimum atomic E-state index is 0.640. The quantitative estimate of drug-likeness (QED) is 0.705. The Bertz CT molecular complexity index is 305. The van der Waals surface area contributed by atoms with Gasteiger partial charge in [-0.2, -0.15) is 0 Å². The number of aryl methyl sites for hydroxylation is 1. The fraction of sp³-hybridized carbons (Fsp3) is 0.500. The average Bonchev–Trinajstić information content (AvgIpc) is 2.04. The van der Waals surface area contributed by atoms with E-state index in [1.807, 2.05) is 19.9 Å². The van der Waals surface area contributed by atoms with Gasteiger partial charge in [-0.1, -0.05) is 19.1 Å². The van der Waals surface area contributed by atoms with Crippen LogP contribution in [0.4, 0.5) is 5.82 Å². The van der Waals surface area contributed by atoms with Crippen LogP contribution in [0.25, 0.3) is 0 Å². The molecule has 0 saturated heterocycles. The number of nitrogens with zero attached hydrogens (tertiary/aromatic N) is 1. The molecule has 3 nitrogen and oxygen atoms in total. The standard InChI is InChI=1S/C8H13N3S/c1-3-6-10-7(9-4-2)5-8(12)11-6/h5H,3-4H2,1-2H3,(H2,9,10,11,12). The van der Waals surface area contributed by atoms with E-state index in [1.165, 1.54) is 0 Å². The molecule has 0 aliphatic carbocycles. The topological polar surface area (TPSA) is 40.7 Å². The summed E-state index contributed by atoms with van der Waals surface area (Å²) in [6.07, 6.45) is 0.878. The van der Waals surface area contributed by atoms with E-state index >= 15 is 0 Å². The summed E-state index contributed by atoms with van der Waals surface area (Å²) in [6, 6.07) is 1.83. The molecule has 0 saturated carbocycles. The lowest BCUT2D eigenvalue weighted by atomic mass is 10.4. The van der Waals surface area contributed by atoms with Crippen LogP contribution in [0.15, 0.2) is 6.07 Å². The van der Waals surface area contributed by atoms with Gasteiger partial charge in [-0.15, -0.1) is 0 Å². The van der Waals surface area contributed by atoms with Crippen LogP contribution in [0.3, 0.4) is 0 Å². The molecule has 12 heavy (non-hydrogen) atoms. The third kappa shape index (κ3) is 2.30. The minimum Gasteiger partial charge on any atom is -0.372 e. The van der Waals surface area contributed by atoms with Crippen molar-refractivity contribution in [3.8, 4) is 0 Å². The Morgan fingerprint density at radius 1 is 1.58 bits per heavy atom. The molecule has 0 unspecified atom stereocenters. The molecule has 2 N–H and O–H groups in total. The summed E-state index contributed by atoms with van der Waals surface area (Å²) in [5, 5.41) is 3.16. The van der Waals surface area contributed by atoms with E-state index in [-0.39, 0.29) is 0 Å². The smallest absolute Gasteiger partial charge is 0.131 e. The lowest BCUT2D eigenvalue weighted by Gasteiger charge is -2.04. The molecule has 0 bridgehead atoms. The Kier molecular flexibility index (Phi) is 3.22. The molecule has 1 aromatic rings. The molecule has 0 aromatic carbocycles. The Labute approximate surface area is 77.2 Å². The lowest BCUT2D eigenvalue weighted by Crippen LogP contribution is -2.02. The van der Waals surface area contributed by atoms with E-state index < -0.39 is 0 Å². The minimum absolute atomic E-state index is 0.640. The molecular formula is C8H13N3S. The second kappa shape index (κ2) is 4.21. The number of aromatic nitrogens is 2. The maximum atomic E-state index is 5.00. The molecule has 4 heteroatoms.